The van der Waals surface area contributed by atoms with Crippen LogP contribution in [0.15, 0.2) is 18.2 Å². The van der Waals surface area contributed by atoms with Crippen LogP contribution in [0.2, 0.25) is 0 Å². The van der Waals surface area contributed by atoms with Gasteiger partial charge in [-0.1, -0.05) is 0 Å². The fraction of sp³-hybridized carbons (Fsp3) is 0.455. The van der Waals surface area contributed by atoms with E-state index in [4.69, 9.17) is 10.8 Å². The summed E-state index contributed by atoms with van der Waals surface area (Å²) < 4.78 is 102. The highest BCUT2D eigenvalue weighted by molar-refractivity contribution is 5.38. The number of aliphatic hydroxyl groups excluding tert-OH is 1. The van der Waals surface area contributed by atoms with Crippen LogP contribution in [0.1, 0.15) is 22.7 Å². The van der Waals surface area contributed by atoms with Gasteiger partial charge in [-0.3, -0.25) is 0 Å². The maximum atomic E-state index is 13.2. The predicted molar refractivity (Wildman–Crippen MR) is 55.4 cm³/mol. The zero-order valence-corrected chi connectivity index (χ0v) is 10.1. The van der Waals surface area contributed by atoms with Crippen molar-refractivity contribution in [3.63, 3.8) is 0 Å². The lowest BCUT2D eigenvalue weighted by atomic mass is 9.94. The van der Waals surface area contributed by atoms with E-state index in [9.17, 15) is 35.1 Å². The Bertz CT molecular complexity index is 508. The molecule has 120 valence electrons. The molecule has 0 saturated carbocycles. The Balaban J connectivity index is 3.51. The minimum absolute atomic E-state index is 0.0332. The Morgan fingerprint density at radius 1 is 0.952 bits per heavy atom. The number of rotatable bonds is 3. The van der Waals surface area contributed by atoms with Crippen molar-refractivity contribution < 1.29 is 40.2 Å². The summed E-state index contributed by atoms with van der Waals surface area (Å²) in [5.74, 6) is -4.20. The van der Waals surface area contributed by atoms with Gasteiger partial charge in [-0.15, -0.1) is 0 Å². The summed E-state index contributed by atoms with van der Waals surface area (Å²) in [7, 11) is 0. The Kier molecular flexibility index (Phi) is 4.54. The van der Waals surface area contributed by atoms with Gasteiger partial charge in [-0.25, -0.2) is 8.78 Å². The van der Waals surface area contributed by atoms with Crippen molar-refractivity contribution in [2.24, 2.45) is 5.73 Å². The van der Waals surface area contributed by atoms with Gasteiger partial charge in [-0.05, 0) is 23.8 Å². The van der Waals surface area contributed by atoms with Gasteiger partial charge in [0.15, 0.2) is 0 Å². The maximum Gasteiger partial charge on any atom is 0.416 e. The van der Waals surface area contributed by atoms with E-state index in [-0.39, 0.29) is 18.2 Å². The second kappa shape index (κ2) is 5.41. The molecule has 0 spiro atoms. The highest BCUT2D eigenvalue weighted by Gasteiger charge is 2.44. The molecule has 0 heterocycles. The van der Waals surface area contributed by atoms with Crippen LogP contribution in [0.3, 0.4) is 0 Å². The molecule has 1 atom stereocenters. The molecule has 2 nitrogen and oxygen atoms in total. The third kappa shape index (κ3) is 3.82. The van der Waals surface area contributed by atoms with Crippen LogP contribution in [-0.4, -0.2) is 17.6 Å². The number of hydrogen-bond donors (Lipinski definition) is 2. The molecule has 0 aliphatic rings. The monoisotopic (exact) mass is 323 g/mol. The van der Waals surface area contributed by atoms with Gasteiger partial charge in [0.2, 0.25) is 0 Å². The van der Waals surface area contributed by atoms with E-state index in [1.54, 1.807) is 0 Å². The molecule has 1 aromatic rings. The predicted octanol–water partition coefficient (Wildman–Crippen LogP) is 3.35. The molecular formula is C11H9F8NO. The van der Waals surface area contributed by atoms with E-state index < -0.39 is 47.6 Å². The number of hydrogen-bond acceptors (Lipinski definition) is 2. The summed E-state index contributed by atoms with van der Waals surface area (Å²) in [5.41, 5.74) is 0.223. The van der Waals surface area contributed by atoms with Gasteiger partial charge in [0, 0.05) is 0 Å². The third-order valence-electron chi connectivity index (χ3n) is 2.69. The van der Waals surface area contributed by atoms with Crippen molar-refractivity contribution in [3.05, 3.63) is 34.9 Å². The van der Waals surface area contributed by atoms with Crippen LogP contribution < -0.4 is 5.73 Å². The smallest absolute Gasteiger partial charge is 0.390 e. The Hall–Kier alpha value is -1.42. The molecule has 0 aliphatic carbocycles. The van der Waals surface area contributed by atoms with Gasteiger partial charge in [0.1, 0.15) is 6.61 Å². The minimum atomic E-state index is -5.16. The molecule has 21 heavy (non-hydrogen) atoms. The SMILES string of the molecule is N[C@H](c1cc(C(F)(F)F)ccc1C(F)(F)F)C(F)(F)CO. The molecule has 0 fully saturated rings. The number of halogens is 8. The van der Waals surface area contributed by atoms with E-state index in [0.29, 0.717) is 0 Å². The van der Waals surface area contributed by atoms with Crippen molar-refractivity contribution in [3.8, 4) is 0 Å². The molecule has 0 radical (unpaired) electrons. The van der Waals surface area contributed by atoms with Crippen LogP contribution in [0.4, 0.5) is 35.1 Å². The van der Waals surface area contributed by atoms with Crippen LogP contribution in [0.5, 0.6) is 0 Å². The number of benzene rings is 1. The molecule has 3 N–H and O–H groups in total. The Morgan fingerprint density at radius 3 is 1.86 bits per heavy atom. The lowest BCUT2D eigenvalue weighted by Gasteiger charge is -2.25. The van der Waals surface area contributed by atoms with Gasteiger partial charge in [-0.2, -0.15) is 26.3 Å². The van der Waals surface area contributed by atoms with Crippen molar-refractivity contribution in [1.29, 1.82) is 0 Å². The summed E-state index contributed by atoms with van der Waals surface area (Å²) in [6.07, 6.45) is -10.2. The Labute approximate surface area is 113 Å². The largest absolute Gasteiger partial charge is 0.416 e. The normalized spacial score (nSPS) is 15.1. The standard InChI is InChI=1S/C11H9F8NO/c12-9(13,4-21)8(20)6-3-5(10(14,15)16)1-2-7(6)11(17,18)19/h1-3,8,21H,4,20H2/t8-/m1/s1. The first-order valence-electron chi connectivity index (χ1n) is 5.33. The van der Waals surface area contributed by atoms with E-state index in [2.05, 4.69) is 0 Å². The summed E-state index contributed by atoms with van der Waals surface area (Å²) >= 11 is 0. The van der Waals surface area contributed by atoms with Gasteiger partial charge in [0.05, 0.1) is 17.2 Å². The molecule has 1 rings (SSSR count). The quantitative estimate of drug-likeness (QED) is 0.838. The van der Waals surface area contributed by atoms with E-state index in [0.717, 1.165) is 0 Å². The lowest BCUT2D eigenvalue weighted by molar-refractivity contribution is -0.143. The van der Waals surface area contributed by atoms with Crippen LogP contribution >= 0.6 is 0 Å². The second-order valence-electron chi connectivity index (χ2n) is 4.19. The maximum absolute atomic E-state index is 13.2. The first-order valence-corrected chi connectivity index (χ1v) is 5.33. The molecule has 0 saturated heterocycles. The Morgan fingerprint density at radius 2 is 1.48 bits per heavy atom. The van der Waals surface area contributed by atoms with Gasteiger partial charge in [0.25, 0.3) is 5.92 Å². The molecule has 0 unspecified atom stereocenters. The number of nitrogens with two attached hydrogens (primary N) is 1. The molecule has 1 aromatic carbocycles. The zero-order valence-electron chi connectivity index (χ0n) is 10.1. The fourth-order valence-corrected chi connectivity index (χ4v) is 1.58. The number of aliphatic hydroxyl groups is 1. The average molecular weight is 323 g/mol. The second-order valence-corrected chi connectivity index (χ2v) is 4.19. The zero-order chi connectivity index (χ0) is 16.6. The van der Waals surface area contributed by atoms with E-state index in [1.807, 2.05) is 0 Å². The first kappa shape index (κ1) is 17.6. The number of alkyl halides is 8. The van der Waals surface area contributed by atoms with Crippen LogP contribution in [0, 0.1) is 0 Å². The van der Waals surface area contributed by atoms with Crippen molar-refractivity contribution in [1.82, 2.24) is 0 Å². The van der Waals surface area contributed by atoms with Crippen LogP contribution in [0.25, 0.3) is 0 Å². The molecule has 0 amide bonds. The minimum Gasteiger partial charge on any atom is -0.390 e. The van der Waals surface area contributed by atoms with E-state index in [1.165, 1.54) is 0 Å². The molecule has 10 heteroatoms. The molecule has 0 bridgehead atoms. The van der Waals surface area contributed by atoms with Crippen LogP contribution in [-0.2, 0) is 12.4 Å². The van der Waals surface area contributed by atoms with E-state index >= 15 is 0 Å². The summed E-state index contributed by atoms with van der Waals surface area (Å²) in [6.45, 7) is -1.90. The first-order chi connectivity index (χ1) is 9.30. The molecular weight excluding hydrogens is 314 g/mol. The fourth-order valence-electron chi connectivity index (χ4n) is 1.58. The summed E-state index contributed by atoms with van der Waals surface area (Å²) in [4.78, 5) is 0. The lowest BCUT2D eigenvalue weighted by Crippen LogP contribution is -2.37. The van der Waals surface area contributed by atoms with Crippen molar-refractivity contribution >= 4 is 0 Å². The summed E-state index contributed by atoms with van der Waals surface area (Å²) in [6, 6.07) is -2.67. The van der Waals surface area contributed by atoms with Crippen molar-refractivity contribution in [2.75, 3.05) is 6.61 Å². The van der Waals surface area contributed by atoms with Crippen molar-refractivity contribution in [2.45, 2.75) is 24.3 Å². The highest BCUT2D eigenvalue weighted by Crippen LogP contribution is 2.41. The van der Waals surface area contributed by atoms with Gasteiger partial charge >= 0.3 is 12.4 Å². The van der Waals surface area contributed by atoms with Gasteiger partial charge < -0.3 is 10.8 Å². The molecule has 0 aromatic heterocycles. The summed E-state index contributed by atoms with van der Waals surface area (Å²) in [5, 5.41) is 8.42. The average Bonchev–Trinajstić information content (AvgIpc) is 2.35. The molecule has 0 aliphatic heterocycles. The topological polar surface area (TPSA) is 46.2 Å². The highest BCUT2D eigenvalue weighted by atomic mass is 19.4. The third-order valence-corrected chi connectivity index (χ3v) is 2.69.